The number of rotatable bonds is 4. The highest BCUT2D eigenvalue weighted by Gasteiger charge is 2.08. The van der Waals surface area contributed by atoms with Crippen molar-refractivity contribution in [2.75, 3.05) is 18.9 Å². The van der Waals surface area contributed by atoms with Crippen molar-refractivity contribution in [3.63, 3.8) is 0 Å². The third kappa shape index (κ3) is 2.82. The highest BCUT2D eigenvalue weighted by Crippen LogP contribution is 2.15. The Kier molecular flexibility index (Phi) is 4.48. The second kappa shape index (κ2) is 5.64. The van der Waals surface area contributed by atoms with E-state index < -0.39 is 0 Å². The van der Waals surface area contributed by atoms with E-state index in [1.807, 2.05) is 6.92 Å². The highest BCUT2D eigenvalue weighted by atomic mass is 79.9. The van der Waals surface area contributed by atoms with E-state index in [-0.39, 0.29) is 18.0 Å². The van der Waals surface area contributed by atoms with Gasteiger partial charge in [-0.2, -0.15) is 5.10 Å². The van der Waals surface area contributed by atoms with Crippen LogP contribution in [0.5, 0.6) is 0 Å². The summed E-state index contributed by atoms with van der Waals surface area (Å²) < 4.78 is 1.71. The first-order valence-corrected chi connectivity index (χ1v) is 5.59. The minimum atomic E-state index is -0.218. The summed E-state index contributed by atoms with van der Waals surface area (Å²) in [6.07, 6.45) is 1.51. The van der Waals surface area contributed by atoms with Crippen LogP contribution in [0.3, 0.4) is 0 Å². The predicted molar refractivity (Wildman–Crippen MR) is 64.4 cm³/mol. The van der Waals surface area contributed by atoms with E-state index >= 15 is 0 Å². The summed E-state index contributed by atoms with van der Waals surface area (Å²) in [7, 11) is 1.55. The van der Waals surface area contributed by atoms with Gasteiger partial charge in [-0.15, -0.1) is 0 Å². The molecule has 1 amide bonds. The lowest BCUT2D eigenvalue weighted by Crippen LogP contribution is -2.28. The molecular formula is C9H13BrN4O2. The average Bonchev–Trinajstić information content (AvgIpc) is 2.30. The summed E-state index contributed by atoms with van der Waals surface area (Å²) in [5.41, 5.74) is 0.294. The van der Waals surface area contributed by atoms with Crippen LogP contribution in [0.4, 0.5) is 5.69 Å². The van der Waals surface area contributed by atoms with Crippen LogP contribution >= 0.6 is 15.9 Å². The molecule has 2 N–H and O–H groups in total. The largest absolute Gasteiger partial charge is 0.374 e. The van der Waals surface area contributed by atoms with Crippen molar-refractivity contribution in [3.05, 3.63) is 21.0 Å². The van der Waals surface area contributed by atoms with Crippen LogP contribution in [-0.4, -0.2) is 29.3 Å². The van der Waals surface area contributed by atoms with Crippen LogP contribution in [0, 0.1) is 0 Å². The Morgan fingerprint density at radius 1 is 1.62 bits per heavy atom. The van der Waals surface area contributed by atoms with Crippen LogP contribution < -0.4 is 16.2 Å². The standard InChI is InChI=1S/C9H13BrN4O2/c1-3-14-9(16)8(10)6(4-13-14)12-5-7(15)11-2/h4,12H,3,5H2,1-2H3,(H,11,15). The second-order valence-corrected chi connectivity index (χ2v) is 3.81. The Morgan fingerprint density at radius 2 is 2.31 bits per heavy atom. The molecule has 0 aliphatic rings. The van der Waals surface area contributed by atoms with Crippen LogP contribution in [0.25, 0.3) is 0 Å². The molecule has 1 aromatic heterocycles. The molecule has 0 saturated carbocycles. The van der Waals surface area contributed by atoms with E-state index in [1.54, 1.807) is 7.05 Å². The number of hydrogen-bond donors (Lipinski definition) is 2. The quantitative estimate of drug-likeness (QED) is 0.829. The number of nitrogens with zero attached hydrogens (tertiary/aromatic N) is 2. The molecule has 0 aliphatic heterocycles. The fourth-order valence-electron chi connectivity index (χ4n) is 1.08. The molecule has 1 heterocycles. The lowest BCUT2D eigenvalue weighted by Gasteiger charge is -2.08. The molecule has 0 aromatic carbocycles. The first-order chi connectivity index (χ1) is 7.60. The van der Waals surface area contributed by atoms with Gasteiger partial charge in [0.05, 0.1) is 18.4 Å². The van der Waals surface area contributed by atoms with Gasteiger partial charge in [0.25, 0.3) is 5.56 Å². The van der Waals surface area contributed by atoms with Gasteiger partial charge >= 0.3 is 0 Å². The summed E-state index contributed by atoms with van der Waals surface area (Å²) in [4.78, 5) is 22.7. The molecule has 16 heavy (non-hydrogen) atoms. The highest BCUT2D eigenvalue weighted by molar-refractivity contribution is 9.10. The third-order valence-corrected chi connectivity index (χ3v) is 2.77. The molecular weight excluding hydrogens is 276 g/mol. The number of anilines is 1. The van der Waals surface area contributed by atoms with E-state index in [1.165, 1.54) is 10.9 Å². The van der Waals surface area contributed by atoms with Crippen molar-refractivity contribution < 1.29 is 4.79 Å². The first-order valence-electron chi connectivity index (χ1n) is 4.80. The molecule has 0 aliphatic carbocycles. The third-order valence-electron chi connectivity index (χ3n) is 2.00. The lowest BCUT2D eigenvalue weighted by molar-refractivity contribution is -0.118. The van der Waals surface area contributed by atoms with Gasteiger partial charge in [0.15, 0.2) is 0 Å². The van der Waals surface area contributed by atoms with Crippen molar-refractivity contribution >= 4 is 27.5 Å². The van der Waals surface area contributed by atoms with Crippen LogP contribution in [0.1, 0.15) is 6.92 Å². The van der Waals surface area contributed by atoms with E-state index in [9.17, 15) is 9.59 Å². The zero-order valence-corrected chi connectivity index (χ0v) is 10.7. The van der Waals surface area contributed by atoms with Crippen molar-refractivity contribution in [2.45, 2.75) is 13.5 Å². The SMILES string of the molecule is CCn1ncc(NCC(=O)NC)c(Br)c1=O. The molecule has 0 unspecified atom stereocenters. The monoisotopic (exact) mass is 288 g/mol. The maximum atomic E-state index is 11.6. The van der Waals surface area contributed by atoms with E-state index in [0.29, 0.717) is 16.7 Å². The fraction of sp³-hybridized carbons (Fsp3) is 0.444. The molecule has 7 heteroatoms. The summed E-state index contributed by atoms with van der Waals surface area (Å²) in [6, 6.07) is 0. The fourth-order valence-corrected chi connectivity index (χ4v) is 1.52. The smallest absolute Gasteiger partial charge is 0.283 e. The van der Waals surface area contributed by atoms with Crippen molar-refractivity contribution in [2.24, 2.45) is 0 Å². The lowest BCUT2D eigenvalue weighted by atomic mass is 10.4. The molecule has 0 spiro atoms. The summed E-state index contributed by atoms with van der Waals surface area (Å²) in [6.45, 7) is 2.44. The average molecular weight is 289 g/mol. The van der Waals surface area contributed by atoms with Crippen LogP contribution in [-0.2, 0) is 11.3 Å². The molecule has 0 saturated heterocycles. The number of likely N-dealkylation sites (N-methyl/N-ethyl adjacent to an activating group) is 1. The number of carbonyl (C=O) groups is 1. The second-order valence-electron chi connectivity index (χ2n) is 3.02. The Bertz CT molecular complexity index is 444. The summed E-state index contributed by atoms with van der Waals surface area (Å²) in [5.74, 6) is -0.161. The molecule has 1 rings (SSSR count). The number of aromatic nitrogens is 2. The van der Waals surface area contributed by atoms with Gasteiger partial charge in [-0.25, -0.2) is 4.68 Å². The first kappa shape index (κ1) is 12.7. The molecule has 0 bridgehead atoms. The maximum Gasteiger partial charge on any atom is 0.283 e. The van der Waals surface area contributed by atoms with Crippen molar-refractivity contribution in [1.29, 1.82) is 0 Å². The normalized spacial score (nSPS) is 9.94. The van der Waals surface area contributed by atoms with Crippen LogP contribution in [0.15, 0.2) is 15.5 Å². The zero-order chi connectivity index (χ0) is 12.1. The number of nitrogens with one attached hydrogen (secondary N) is 2. The number of hydrogen-bond acceptors (Lipinski definition) is 4. The van der Waals surface area contributed by atoms with Crippen molar-refractivity contribution in [3.8, 4) is 0 Å². The van der Waals surface area contributed by atoms with Gasteiger partial charge in [-0.05, 0) is 22.9 Å². The van der Waals surface area contributed by atoms with Gasteiger partial charge in [0.1, 0.15) is 4.47 Å². The number of aryl methyl sites for hydroxylation is 1. The number of amides is 1. The molecule has 6 nitrogen and oxygen atoms in total. The van der Waals surface area contributed by atoms with Gasteiger partial charge in [-0.3, -0.25) is 9.59 Å². The van der Waals surface area contributed by atoms with Gasteiger partial charge in [-0.1, -0.05) is 0 Å². The minimum absolute atomic E-state index is 0.104. The molecule has 0 atom stereocenters. The van der Waals surface area contributed by atoms with Gasteiger partial charge in [0, 0.05) is 13.6 Å². The summed E-state index contributed by atoms with van der Waals surface area (Å²) >= 11 is 3.18. The van der Waals surface area contributed by atoms with E-state index in [4.69, 9.17) is 0 Å². The van der Waals surface area contributed by atoms with Gasteiger partial charge < -0.3 is 10.6 Å². The predicted octanol–water partition coefficient (Wildman–Crippen LogP) is 0.184. The Morgan fingerprint density at radius 3 is 2.88 bits per heavy atom. The molecule has 0 radical (unpaired) electrons. The topological polar surface area (TPSA) is 76.0 Å². The minimum Gasteiger partial charge on any atom is -0.374 e. The zero-order valence-electron chi connectivity index (χ0n) is 9.08. The van der Waals surface area contributed by atoms with E-state index in [2.05, 4.69) is 31.7 Å². The number of carbonyl (C=O) groups excluding carboxylic acids is 1. The Hall–Kier alpha value is -1.37. The molecule has 0 fully saturated rings. The summed E-state index contributed by atoms with van der Waals surface area (Å²) in [5, 5.41) is 9.23. The number of halogens is 1. The van der Waals surface area contributed by atoms with E-state index in [0.717, 1.165) is 0 Å². The van der Waals surface area contributed by atoms with Gasteiger partial charge in [0.2, 0.25) is 5.91 Å². The Labute approximate surface area is 101 Å². The maximum absolute atomic E-state index is 11.6. The van der Waals surface area contributed by atoms with Crippen molar-refractivity contribution in [1.82, 2.24) is 15.1 Å². The Balaban J connectivity index is 2.87. The molecule has 1 aromatic rings. The molecule has 88 valence electrons. The van der Waals surface area contributed by atoms with Crippen LogP contribution in [0.2, 0.25) is 0 Å².